The van der Waals surface area contributed by atoms with Gasteiger partial charge in [0.25, 0.3) is 0 Å². The number of carboxylic acid groups (broad SMARTS) is 1. The maximum atomic E-state index is 10.3. The molecule has 0 aliphatic rings. The molecule has 14 heavy (non-hydrogen) atoms. The highest BCUT2D eigenvalue weighted by molar-refractivity contribution is 6.20. The summed E-state index contributed by atoms with van der Waals surface area (Å²) in [6.45, 7) is 8.17. The zero-order valence-corrected chi connectivity index (χ0v) is 8.66. The van der Waals surface area contributed by atoms with Crippen molar-refractivity contribution in [3.8, 4) is 0 Å². The Labute approximate surface area is 87.8 Å². The highest BCUT2D eigenvalue weighted by atomic mass is 35.5. The van der Waals surface area contributed by atoms with Crippen LogP contribution in [0, 0.1) is 0 Å². The maximum absolute atomic E-state index is 10.3. The first-order valence-electron chi connectivity index (χ1n) is 3.72. The van der Waals surface area contributed by atoms with Crippen molar-refractivity contribution in [3.63, 3.8) is 0 Å². The van der Waals surface area contributed by atoms with Gasteiger partial charge in [0.1, 0.15) is 6.61 Å². The summed E-state index contributed by atoms with van der Waals surface area (Å²) in [7, 11) is 0. The highest BCUT2D eigenvalue weighted by Crippen LogP contribution is 1.93. The first-order valence-corrected chi connectivity index (χ1v) is 4.16. The van der Waals surface area contributed by atoms with Gasteiger partial charge in [0.15, 0.2) is 0 Å². The maximum Gasteiger partial charge on any atom is 0.330 e. The Balaban J connectivity index is 0. The van der Waals surface area contributed by atoms with Crippen molar-refractivity contribution in [2.75, 3.05) is 6.61 Å². The molecule has 0 heterocycles. The molecule has 1 atom stereocenters. The van der Waals surface area contributed by atoms with E-state index in [-0.39, 0.29) is 12.0 Å². The van der Waals surface area contributed by atoms with Crippen molar-refractivity contribution < 1.29 is 19.4 Å². The van der Waals surface area contributed by atoms with Crippen LogP contribution in [0.1, 0.15) is 6.92 Å². The molecule has 0 radical (unpaired) electrons. The Bertz CT molecular complexity index is 211. The van der Waals surface area contributed by atoms with E-state index in [1.807, 2.05) is 0 Å². The van der Waals surface area contributed by atoms with E-state index < -0.39 is 11.9 Å². The van der Waals surface area contributed by atoms with E-state index in [9.17, 15) is 9.59 Å². The number of carbonyl (C=O) groups is 2. The summed E-state index contributed by atoms with van der Waals surface area (Å²) in [5.41, 5.74) is 0. The molecule has 0 spiro atoms. The second kappa shape index (κ2) is 9.80. The summed E-state index contributed by atoms with van der Waals surface area (Å²) in [6, 6.07) is 0. The van der Waals surface area contributed by atoms with Gasteiger partial charge in [-0.05, 0) is 6.92 Å². The third kappa shape index (κ3) is 17.0. The lowest BCUT2D eigenvalue weighted by Crippen LogP contribution is -2.08. The summed E-state index contributed by atoms with van der Waals surface area (Å²) < 4.78 is 4.56. The zero-order valence-electron chi connectivity index (χ0n) is 7.90. The summed E-state index contributed by atoms with van der Waals surface area (Å²) in [6.07, 6.45) is 1.94. The Morgan fingerprint density at radius 3 is 2.14 bits per heavy atom. The topological polar surface area (TPSA) is 63.6 Å². The van der Waals surface area contributed by atoms with E-state index in [4.69, 9.17) is 16.7 Å². The van der Waals surface area contributed by atoms with E-state index in [1.165, 1.54) is 0 Å². The van der Waals surface area contributed by atoms with Crippen molar-refractivity contribution in [2.45, 2.75) is 12.3 Å². The van der Waals surface area contributed by atoms with Crippen molar-refractivity contribution in [2.24, 2.45) is 0 Å². The molecular formula is C9H13ClO4. The Morgan fingerprint density at radius 2 is 1.93 bits per heavy atom. The van der Waals surface area contributed by atoms with Gasteiger partial charge in [0.05, 0.1) is 5.38 Å². The first kappa shape index (κ1) is 15.2. The SMILES string of the molecule is C=CC(=O)O.C=CC(=O)OCC(C)Cl. The van der Waals surface area contributed by atoms with E-state index in [2.05, 4.69) is 17.9 Å². The van der Waals surface area contributed by atoms with E-state index >= 15 is 0 Å². The molecule has 5 heteroatoms. The third-order valence-electron chi connectivity index (χ3n) is 0.797. The molecule has 0 saturated heterocycles. The van der Waals surface area contributed by atoms with Gasteiger partial charge in [-0.25, -0.2) is 9.59 Å². The molecule has 0 aliphatic heterocycles. The molecule has 0 aromatic rings. The fourth-order valence-corrected chi connectivity index (χ4v) is 0.319. The summed E-state index contributed by atoms with van der Waals surface area (Å²) >= 11 is 5.47. The highest BCUT2D eigenvalue weighted by Gasteiger charge is 1.98. The van der Waals surface area contributed by atoms with Crippen LogP contribution >= 0.6 is 11.6 Å². The molecule has 0 saturated carbocycles. The minimum Gasteiger partial charge on any atom is -0.478 e. The molecule has 0 rings (SSSR count). The zero-order chi connectivity index (χ0) is 11.6. The van der Waals surface area contributed by atoms with Gasteiger partial charge in [0, 0.05) is 12.2 Å². The first-order chi connectivity index (χ1) is 6.43. The van der Waals surface area contributed by atoms with Gasteiger partial charge < -0.3 is 9.84 Å². The van der Waals surface area contributed by atoms with E-state index in [1.54, 1.807) is 6.92 Å². The lowest BCUT2D eigenvalue weighted by molar-refractivity contribution is -0.137. The second-order valence-electron chi connectivity index (χ2n) is 2.16. The van der Waals surface area contributed by atoms with Crippen LogP contribution in [0.5, 0.6) is 0 Å². The molecule has 1 unspecified atom stereocenters. The van der Waals surface area contributed by atoms with Crippen molar-refractivity contribution >= 4 is 23.5 Å². The van der Waals surface area contributed by atoms with Crippen molar-refractivity contribution in [1.82, 2.24) is 0 Å². The van der Waals surface area contributed by atoms with Crippen LogP contribution in [0.25, 0.3) is 0 Å². The number of halogens is 1. The fraction of sp³-hybridized carbons (Fsp3) is 0.333. The molecule has 0 aliphatic carbocycles. The summed E-state index contributed by atoms with van der Waals surface area (Å²) in [5.74, 6) is -1.41. The van der Waals surface area contributed by atoms with Gasteiger partial charge in [-0.15, -0.1) is 11.6 Å². The second-order valence-corrected chi connectivity index (χ2v) is 2.90. The number of esters is 1. The molecule has 1 N–H and O–H groups in total. The van der Waals surface area contributed by atoms with Gasteiger partial charge in [-0.3, -0.25) is 0 Å². The fourth-order valence-electron chi connectivity index (χ4n) is 0.256. The monoisotopic (exact) mass is 220 g/mol. The van der Waals surface area contributed by atoms with Crippen molar-refractivity contribution in [3.05, 3.63) is 25.3 Å². The standard InChI is InChI=1S/C6H9ClO2.C3H4O2/c1-3-6(8)9-4-5(2)7;1-2-3(4)5/h3,5H,1,4H2,2H3;2H,1H2,(H,4,5). The molecule has 0 aromatic carbocycles. The summed E-state index contributed by atoms with van der Waals surface area (Å²) in [5, 5.41) is 7.47. The number of rotatable bonds is 4. The molecule has 0 fully saturated rings. The van der Waals surface area contributed by atoms with Crippen LogP contribution in [0.4, 0.5) is 0 Å². The minimum atomic E-state index is -0.981. The molecule has 80 valence electrons. The Kier molecular flexibility index (Phi) is 10.6. The number of carboxylic acids is 1. The third-order valence-corrected chi connectivity index (χ3v) is 0.923. The van der Waals surface area contributed by atoms with Crippen LogP contribution < -0.4 is 0 Å². The van der Waals surface area contributed by atoms with E-state index in [0.717, 1.165) is 12.2 Å². The normalized spacial score (nSPS) is 10.1. The van der Waals surface area contributed by atoms with Crippen LogP contribution in [-0.4, -0.2) is 29.0 Å². The van der Waals surface area contributed by atoms with E-state index in [0.29, 0.717) is 0 Å². The molecule has 0 amide bonds. The van der Waals surface area contributed by atoms with Gasteiger partial charge in [-0.1, -0.05) is 13.2 Å². The van der Waals surface area contributed by atoms with Gasteiger partial charge in [0.2, 0.25) is 0 Å². The van der Waals surface area contributed by atoms with Gasteiger partial charge in [-0.2, -0.15) is 0 Å². The number of hydrogen-bond acceptors (Lipinski definition) is 3. The van der Waals surface area contributed by atoms with Crippen molar-refractivity contribution in [1.29, 1.82) is 0 Å². The van der Waals surface area contributed by atoms with Gasteiger partial charge >= 0.3 is 11.9 Å². The molecule has 0 aromatic heterocycles. The van der Waals surface area contributed by atoms with Crippen LogP contribution in [0.3, 0.4) is 0 Å². The Morgan fingerprint density at radius 1 is 1.50 bits per heavy atom. The average Bonchev–Trinajstić information content (AvgIpc) is 2.14. The largest absolute Gasteiger partial charge is 0.478 e. The number of aliphatic carboxylic acids is 1. The molecule has 0 bridgehead atoms. The smallest absolute Gasteiger partial charge is 0.330 e. The van der Waals surface area contributed by atoms with Crippen LogP contribution in [0.2, 0.25) is 0 Å². The lowest BCUT2D eigenvalue weighted by atomic mass is 10.5. The lowest BCUT2D eigenvalue weighted by Gasteiger charge is -2.01. The predicted molar refractivity (Wildman–Crippen MR) is 54.3 cm³/mol. The predicted octanol–water partition coefficient (Wildman–Crippen LogP) is 1.60. The number of carbonyl (C=O) groups excluding carboxylic acids is 1. The number of ether oxygens (including phenoxy) is 1. The Hall–Kier alpha value is -1.29. The molecule has 4 nitrogen and oxygen atoms in total. The average molecular weight is 221 g/mol. The van der Waals surface area contributed by atoms with Crippen LogP contribution in [0.15, 0.2) is 25.3 Å². The number of alkyl halides is 1. The number of hydrogen-bond donors (Lipinski definition) is 1. The quantitative estimate of drug-likeness (QED) is 0.444. The summed E-state index contributed by atoms with van der Waals surface area (Å²) in [4.78, 5) is 19.6. The van der Waals surface area contributed by atoms with Crippen LogP contribution in [-0.2, 0) is 14.3 Å². The minimum absolute atomic E-state index is 0.131. The molecular weight excluding hydrogens is 208 g/mol.